The highest BCUT2D eigenvalue weighted by molar-refractivity contribution is 6.05. The van der Waals surface area contributed by atoms with Crippen molar-refractivity contribution in [1.29, 1.82) is 0 Å². The number of nitrogens with one attached hydrogen (secondary N) is 1. The van der Waals surface area contributed by atoms with Gasteiger partial charge in [-0.05, 0) is 37.0 Å². The first-order valence-corrected chi connectivity index (χ1v) is 7.31. The van der Waals surface area contributed by atoms with Crippen LogP contribution in [0.3, 0.4) is 0 Å². The Bertz CT molecular complexity index is 956. The van der Waals surface area contributed by atoms with Crippen LogP contribution in [0.25, 0.3) is 21.9 Å². The molecule has 0 saturated heterocycles. The Hall–Kier alpha value is -2.30. The normalized spacial score (nSPS) is 15.6. The summed E-state index contributed by atoms with van der Waals surface area (Å²) in [5, 5.41) is 1.08. The highest BCUT2D eigenvalue weighted by Crippen LogP contribution is 2.31. The Morgan fingerprint density at radius 3 is 2.43 bits per heavy atom. The van der Waals surface area contributed by atoms with Gasteiger partial charge in [-0.15, -0.1) is 0 Å². The highest BCUT2D eigenvalue weighted by atomic mass is 16.1. The summed E-state index contributed by atoms with van der Waals surface area (Å²) in [5.74, 6) is 0.205. The van der Waals surface area contributed by atoms with Crippen molar-refractivity contribution < 1.29 is 4.79 Å². The number of H-pyrrole nitrogens is 1. The molecule has 4 rings (SSSR count). The van der Waals surface area contributed by atoms with Crippen LogP contribution in [0.5, 0.6) is 0 Å². The fourth-order valence-electron chi connectivity index (χ4n) is 3.45. The third-order valence-electron chi connectivity index (χ3n) is 4.66. The van der Waals surface area contributed by atoms with Gasteiger partial charge in [0.05, 0.1) is 16.7 Å². The van der Waals surface area contributed by atoms with Crippen LogP contribution in [0.4, 0.5) is 0 Å². The predicted octanol–water partition coefficient (Wildman–Crippen LogP) is 2.27. The number of hydrogen-bond donors (Lipinski definition) is 1. The number of aromatic amines is 1. The van der Waals surface area contributed by atoms with Crippen molar-refractivity contribution in [2.24, 2.45) is 14.1 Å². The maximum Gasteiger partial charge on any atom is 0.328 e. The molecule has 2 heterocycles. The molecule has 0 amide bonds. The van der Waals surface area contributed by atoms with Crippen LogP contribution >= 0.6 is 0 Å². The van der Waals surface area contributed by atoms with E-state index in [9.17, 15) is 9.59 Å². The standard InChI is InChI=1S/C16H17N3O2/c1-18-12-7-10-9-5-3-4-6-14(20)15(9)17-11(10)8-13(12)19(2)16(18)21/h7-8,17H,3-6H2,1-2H3. The van der Waals surface area contributed by atoms with Crippen molar-refractivity contribution in [3.05, 3.63) is 33.9 Å². The van der Waals surface area contributed by atoms with E-state index in [-0.39, 0.29) is 11.5 Å². The van der Waals surface area contributed by atoms with E-state index in [2.05, 4.69) is 4.98 Å². The molecule has 0 saturated carbocycles. The van der Waals surface area contributed by atoms with E-state index in [1.807, 2.05) is 12.1 Å². The summed E-state index contributed by atoms with van der Waals surface area (Å²) in [6.45, 7) is 0. The fraction of sp³-hybridized carbons (Fsp3) is 0.375. The topological polar surface area (TPSA) is 59.8 Å². The highest BCUT2D eigenvalue weighted by Gasteiger charge is 2.21. The van der Waals surface area contributed by atoms with Crippen molar-refractivity contribution in [2.45, 2.75) is 25.7 Å². The second kappa shape index (κ2) is 4.10. The van der Waals surface area contributed by atoms with Crippen molar-refractivity contribution in [2.75, 3.05) is 0 Å². The Kier molecular flexibility index (Phi) is 2.43. The Morgan fingerprint density at radius 2 is 1.67 bits per heavy atom. The third-order valence-corrected chi connectivity index (χ3v) is 4.66. The molecule has 5 heteroatoms. The van der Waals surface area contributed by atoms with Gasteiger partial charge in [0.1, 0.15) is 0 Å². The molecule has 0 atom stereocenters. The average Bonchev–Trinajstić information content (AvgIpc) is 2.86. The molecular weight excluding hydrogens is 266 g/mol. The minimum absolute atomic E-state index is 0.0279. The zero-order valence-electron chi connectivity index (χ0n) is 12.2. The lowest BCUT2D eigenvalue weighted by molar-refractivity contribution is 0.0978. The van der Waals surface area contributed by atoms with Crippen molar-refractivity contribution in [3.63, 3.8) is 0 Å². The van der Waals surface area contributed by atoms with E-state index < -0.39 is 0 Å². The SMILES string of the molecule is Cn1c(=O)n(C)c2cc3c4c([nH]c3cc21)C(=O)CCCC4. The lowest BCUT2D eigenvalue weighted by atomic mass is 10.1. The van der Waals surface area contributed by atoms with Crippen LogP contribution in [-0.4, -0.2) is 19.9 Å². The van der Waals surface area contributed by atoms with Crippen LogP contribution in [-0.2, 0) is 20.5 Å². The predicted molar refractivity (Wildman–Crippen MR) is 81.9 cm³/mol. The number of aromatic nitrogens is 3. The molecule has 21 heavy (non-hydrogen) atoms. The lowest BCUT2D eigenvalue weighted by Crippen LogP contribution is -2.19. The quantitative estimate of drug-likeness (QED) is 0.643. The van der Waals surface area contributed by atoms with Crippen LogP contribution in [0.1, 0.15) is 35.3 Å². The summed E-state index contributed by atoms with van der Waals surface area (Å²) < 4.78 is 3.30. The second-order valence-corrected chi connectivity index (χ2v) is 5.90. The molecule has 108 valence electrons. The van der Waals surface area contributed by atoms with Gasteiger partial charge < -0.3 is 4.98 Å². The summed E-state index contributed by atoms with van der Waals surface area (Å²) >= 11 is 0. The molecular formula is C16H17N3O2. The number of ketones is 1. The van der Waals surface area contributed by atoms with Gasteiger partial charge in [-0.25, -0.2) is 4.79 Å². The molecule has 0 unspecified atom stereocenters. The molecule has 5 nitrogen and oxygen atoms in total. The van der Waals surface area contributed by atoms with E-state index in [1.165, 1.54) is 0 Å². The molecule has 1 N–H and O–H groups in total. The number of hydrogen-bond acceptors (Lipinski definition) is 2. The number of fused-ring (bicyclic) bond motifs is 4. The van der Waals surface area contributed by atoms with Crippen LogP contribution in [0.2, 0.25) is 0 Å². The Balaban J connectivity index is 2.13. The number of aryl methyl sites for hydroxylation is 3. The average molecular weight is 283 g/mol. The van der Waals surface area contributed by atoms with Crippen LogP contribution in [0, 0.1) is 0 Å². The van der Waals surface area contributed by atoms with Gasteiger partial charge in [-0.3, -0.25) is 13.9 Å². The molecule has 1 aliphatic carbocycles. The molecule has 2 aromatic heterocycles. The molecule has 0 spiro atoms. The maximum absolute atomic E-state index is 12.2. The smallest absolute Gasteiger partial charge is 0.328 e. The van der Waals surface area contributed by atoms with Crippen LogP contribution in [0.15, 0.2) is 16.9 Å². The molecule has 1 aromatic carbocycles. The molecule has 0 aliphatic heterocycles. The molecule has 3 aromatic rings. The summed E-state index contributed by atoms with van der Waals surface area (Å²) in [4.78, 5) is 27.5. The summed E-state index contributed by atoms with van der Waals surface area (Å²) in [6.07, 6.45) is 3.54. The molecule has 0 radical (unpaired) electrons. The van der Waals surface area contributed by atoms with Crippen LogP contribution < -0.4 is 5.69 Å². The van der Waals surface area contributed by atoms with Gasteiger partial charge in [-0.1, -0.05) is 0 Å². The number of rotatable bonds is 0. The Labute approximate surface area is 121 Å². The van der Waals surface area contributed by atoms with Crippen molar-refractivity contribution in [3.8, 4) is 0 Å². The number of carbonyl (C=O) groups is 1. The number of carbonyl (C=O) groups excluding carboxylic acids is 1. The zero-order valence-corrected chi connectivity index (χ0v) is 12.2. The monoisotopic (exact) mass is 283 g/mol. The first-order valence-electron chi connectivity index (χ1n) is 7.31. The van der Waals surface area contributed by atoms with Gasteiger partial charge in [0.15, 0.2) is 5.78 Å². The summed E-state index contributed by atoms with van der Waals surface area (Å²) in [5.41, 5.74) is 4.60. The molecule has 1 aliphatic rings. The van der Waals surface area contributed by atoms with Crippen molar-refractivity contribution >= 4 is 27.7 Å². The van der Waals surface area contributed by atoms with E-state index in [4.69, 9.17) is 0 Å². The zero-order chi connectivity index (χ0) is 14.7. The van der Waals surface area contributed by atoms with Gasteiger partial charge in [0.2, 0.25) is 0 Å². The summed E-state index contributed by atoms with van der Waals surface area (Å²) in [6, 6.07) is 4.02. The van der Waals surface area contributed by atoms with Gasteiger partial charge in [0.25, 0.3) is 0 Å². The van der Waals surface area contributed by atoms with Crippen molar-refractivity contribution in [1.82, 2.24) is 14.1 Å². The second-order valence-electron chi connectivity index (χ2n) is 5.90. The minimum Gasteiger partial charge on any atom is -0.352 e. The maximum atomic E-state index is 12.2. The number of Topliss-reactive ketones (excluding diaryl/α,β-unsaturated/α-hetero) is 1. The number of imidazole rings is 1. The first kappa shape index (κ1) is 12.4. The van der Waals surface area contributed by atoms with E-state index in [1.54, 1.807) is 23.2 Å². The Morgan fingerprint density at radius 1 is 1.00 bits per heavy atom. The van der Waals surface area contributed by atoms with E-state index in [0.717, 1.165) is 52.5 Å². The van der Waals surface area contributed by atoms with Gasteiger partial charge in [0, 0.05) is 31.4 Å². The largest absolute Gasteiger partial charge is 0.352 e. The van der Waals surface area contributed by atoms with Gasteiger partial charge in [-0.2, -0.15) is 0 Å². The minimum atomic E-state index is -0.0279. The molecule has 0 fully saturated rings. The first-order chi connectivity index (χ1) is 10.1. The van der Waals surface area contributed by atoms with Gasteiger partial charge >= 0.3 is 5.69 Å². The number of benzene rings is 1. The van der Waals surface area contributed by atoms with E-state index >= 15 is 0 Å². The molecule has 0 bridgehead atoms. The van der Waals surface area contributed by atoms with E-state index in [0.29, 0.717) is 6.42 Å². The fourth-order valence-corrected chi connectivity index (χ4v) is 3.45. The lowest BCUT2D eigenvalue weighted by Gasteiger charge is -1.99. The third kappa shape index (κ3) is 1.57. The summed E-state index contributed by atoms with van der Waals surface area (Å²) in [7, 11) is 3.56. The number of nitrogens with zero attached hydrogens (tertiary/aromatic N) is 2.